The molecular formula is C35H74N2. The molecule has 0 saturated heterocycles. The Balaban J connectivity index is 4.34. The van der Waals surface area contributed by atoms with E-state index in [1.165, 1.54) is 193 Å². The van der Waals surface area contributed by atoms with Crippen LogP contribution in [0.2, 0.25) is 0 Å². The largest absolute Gasteiger partial charge is 0.313 e. The second-order valence-corrected chi connectivity index (χ2v) is 12.1. The molecule has 0 spiro atoms. The van der Waals surface area contributed by atoms with Gasteiger partial charge < -0.3 is 10.2 Å². The van der Waals surface area contributed by atoms with E-state index >= 15 is 0 Å². The minimum Gasteiger partial charge on any atom is -0.313 e. The van der Waals surface area contributed by atoms with E-state index in [2.05, 4.69) is 37.9 Å². The van der Waals surface area contributed by atoms with Gasteiger partial charge in [-0.15, -0.1) is 0 Å². The molecule has 0 rings (SSSR count). The first-order chi connectivity index (χ1) is 18.3. The zero-order valence-electron chi connectivity index (χ0n) is 26.7. The third kappa shape index (κ3) is 28.7. The molecule has 0 aromatic carbocycles. The van der Waals surface area contributed by atoms with Crippen molar-refractivity contribution >= 4 is 0 Å². The maximum atomic E-state index is 4.02. The summed E-state index contributed by atoms with van der Waals surface area (Å²) < 4.78 is 0. The average Bonchev–Trinajstić information content (AvgIpc) is 2.90. The molecule has 0 aromatic heterocycles. The van der Waals surface area contributed by atoms with Crippen molar-refractivity contribution in [2.45, 2.75) is 201 Å². The fourth-order valence-corrected chi connectivity index (χ4v) is 5.68. The molecule has 0 radical (unpaired) electrons. The van der Waals surface area contributed by atoms with Crippen molar-refractivity contribution in [2.24, 2.45) is 0 Å². The highest BCUT2D eigenvalue weighted by Crippen LogP contribution is 2.14. The first kappa shape index (κ1) is 36.9. The van der Waals surface area contributed by atoms with Gasteiger partial charge in [-0.2, -0.15) is 0 Å². The van der Waals surface area contributed by atoms with Gasteiger partial charge >= 0.3 is 0 Å². The zero-order valence-corrected chi connectivity index (χ0v) is 26.7. The maximum Gasteiger partial charge on any atom is 0.0107 e. The van der Waals surface area contributed by atoms with E-state index in [1.807, 2.05) is 0 Å². The molecule has 224 valence electrons. The molecule has 2 nitrogen and oxygen atoms in total. The molecule has 0 amide bonds. The van der Waals surface area contributed by atoms with E-state index < -0.39 is 0 Å². The number of nitrogens with zero attached hydrogens (tertiary/aromatic N) is 1. The van der Waals surface area contributed by atoms with Gasteiger partial charge in [-0.05, 0) is 38.8 Å². The van der Waals surface area contributed by atoms with Crippen LogP contribution in [0.3, 0.4) is 0 Å². The Morgan fingerprint density at radius 2 is 0.703 bits per heavy atom. The molecule has 0 aromatic rings. The van der Waals surface area contributed by atoms with Crippen LogP contribution in [0.5, 0.6) is 0 Å². The highest BCUT2D eigenvalue weighted by Gasteiger charge is 2.10. The number of unbranched alkanes of at least 4 members (excludes halogenated alkanes) is 20. The molecule has 1 N–H and O–H groups in total. The first-order valence-corrected chi connectivity index (χ1v) is 17.7. The molecule has 0 bridgehead atoms. The molecule has 0 saturated carbocycles. The number of hydrogen-bond acceptors (Lipinski definition) is 2. The lowest BCUT2D eigenvalue weighted by Gasteiger charge is -2.25. The van der Waals surface area contributed by atoms with E-state index in [1.54, 1.807) is 0 Å². The smallest absolute Gasteiger partial charge is 0.0107 e. The van der Waals surface area contributed by atoms with Gasteiger partial charge in [0.1, 0.15) is 0 Å². The lowest BCUT2D eigenvalue weighted by molar-refractivity contribution is 0.253. The topological polar surface area (TPSA) is 15.3 Å². The predicted octanol–water partition coefficient (Wildman–Crippen LogP) is 11.5. The van der Waals surface area contributed by atoms with Gasteiger partial charge in [0.2, 0.25) is 0 Å². The molecule has 0 fully saturated rings. The quantitative estimate of drug-likeness (QED) is 0.0883. The Morgan fingerprint density at radius 3 is 1.14 bits per heavy atom. The third-order valence-corrected chi connectivity index (χ3v) is 8.33. The van der Waals surface area contributed by atoms with E-state index in [-0.39, 0.29) is 0 Å². The van der Waals surface area contributed by atoms with Crippen LogP contribution >= 0.6 is 0 Å². The van der Waals surface area contributed by atoms with Crippen LogP contribution in [-0.4, -0.2) is 37.1 Å². The summed E-state index contributed by atoms with van der Waals surface area (Å²) in [5.41, 5.74) is 0. The molecule has 37 heavy (non-hydrogen) atoms. The summed E-state index contributed by atoms with van der Waals surface area (Å²) >= 11 is 0. The summed E-state index contributed by atoms with van der Waals surface area (Å²) in [4.78, 5) is 2.81. The minimum atomic E-state index is 0.751. The van der Waals surface area contributed by atoms with Crippen LogP contribution in [0.4, 0.5) is 0 Å². The Labute approximate surface area is 236 Å². The van der Waals surface area contributed by atoms with E-state index in [0.29, 0.717) is 0 Å². The van der Waals surface area contributed by atoms with Gasteiger partial charge in [0.05, 0.1) is 0 Å². The fourth-order valence-electron chi connectivity index (χ4n) is 5.68. The SMILES string of the molecule is CCCCCCCCCCN(CCCCCCCCCC)CCNC(CCCCC)CCCCCCC. The van der Waals surface area contributed by atoms with Gasteiger partial charge in [0.15, 0.2) is 0 Å². The van der Waals surface area contributed by atoms with Crippen LogP contribution in [0.15, 0.2) is 0 Å². The molecule has 1 atom stereocenters. The Morgan fingerprint density at radius 1 is 0.378 bits per heavy atom. The lowest BCUT2D eigenvalue weighted by Crippen LogP contribution is -2.38. The van der Waals surface area contributed by atoms with Crippen molar-refractivity contribution in [3.8, 4) is 0 Å². The second-order valence-electron chi connectivity index (χ2n) is 12.1. The van der Waals surface area contributed by atoms with E-state index in [4.69, 9.17) is 0 Å². The fraction of sp³-hybridized carbons (Fsp3) is 1.00. The summed E-state index contributed by atoms with van der Waals surface area (Å²) in [5, 5.41) is 4.02. The van der Waals surface area contributed by atoms with Gasteiger partial charge in [-0.25, -0.2) is 0 Å². The van der Waals surface area contributed by atoms with Crippen LogP contribution in [-0.2, 0) is 0 Å². The van der Waals surface area contributed by atoms with Crippen LogP contribution < -0.4 is 5.32 Å². The average molecular weight is 523 g/mol. The van der Waals surface area contributed by atoms with Crippen molar-refractivity contribution in [3.63, 3.8) is 0 Å². The van der Waals surface area contributed by atoms with Crippen LogP contribution in [0.25, 0.3) is 0 Å². The van der Waals surface area contributed by atoms with Gasteiger partial charge in [0, 0.05) is 19.1 Å². The standard InChI is InChI=1S/C35H74N2/c1-5-9-13-16-18-20-23-27-32-37(33-28-24-21-19-17-14-10-6-2)34-31-36-35(29-25-12-8-4)30-26-22-15-11-7-3/h35-36H,5-34H2,1-4H3. The van der Waals surface area contributed by atoms with Gasteiger partial charge in [-0.1, -0.05) is 169 Å². The van der Waals surface area contributed by atoms with Crippen LogP contribution in [0.1, 0.15) is 195 Å². The Kier molecular flexibility index (Phi) is 32.1. The summed E-state index contributed by atoms with van der Waals surface area (Å²) in [6, 6.07) is 0.751. The molecule has 0 heterocycles. The van der Waals surface area contributed by atoms with E-state index in [9.17, 15) is 0 Å². The number of nitrogens with one attached hydrogen (secondary N) is 1. The summed E-state index contributed by atoms with van der Waals surface area (Å²) in [6.45, 7) is 14.4. The maximum absolute atomic E-state index is 4.02. The van der Waals surface area contributed by atoms with Crippen molar-refractivity contribution < 1.29 is 0 Å². The lowest BCUT2D eigenvalue weighted by atomic mass is 10.0. The van der Waals surface area contributed by atoms with Crippen molar-refractivity contribution in [3.05, 3.63) is 0 Å². The molecule has 0 aliphatic rings. The first-order valence-electron chi connectivity index (χ1n) is 17.7. The monoisotopic (exact) mass is 523 g/mol. The summed E-state index contributed by atoms with van der Waals surface area (Å²) in [7, 11) is 0. The highest BCUT2D eigenvalue weighted by atomic mass is 15.1. The second kappa shape index (κ2) is 32.1. The predicted molar refractivity (Wildman–Crippen MR) is 171 cm³/mol. The van der Waals surface area contributed by atoms with Crippen LogP contribution in [0, 0.1) is 0 Å². The summed E-state index contributed by atoms with van der Waals surface area (Å²) in [6.07, 6.45) is 36.9. The van der Waals surface area contributed by atoms with Crippen molar-refractivity contribution in [2.75, 3.05) is 26.2 Å². The Bertz CT molecular complexity index is 377. The molecule has 0 aliphatic heterocycles. The number of rotatable bonds is 32. The number of hydrogen-bond donors (Lipinski definition) is 1. The Hall–Kier alpha value is -0.0800. The van der Waals surface area contributed by atoms with Crippen molar-refractivity contribution in [1.82, 2.24) is 10.2 Å². The molecule has 1 unspecified atom stereocenters. The van der Waals surface area contributed by atoms with Crippen molar-refractivity contribution in [1.29, 1.82) is 0 Å². The highest BCUT2D eigenvalue weighted by molar-refractivity contribution is 4.70. The van der Waals surface area contributed by atoms with Gasteiger partial charge in [-0.3, -0.25) is 0 Å². The molecule has 0 aliphatic carbocycles. The normalized spacial score (nSPS) is 12.6. The zero-order chi connectivity index (χ0) is 27.1. The third-order valence-electron chi connectivity index (χ3n) is 8.33. The molecular weight excluding hydrogens is 448 g/mol. The van der Waals surface area contributed by atoms with Gasteiger partial charge in [0.25, 0.3) is 0 Å². The van der Waals surface area contributed by atoms with E-state index in [0.717, 1.165) is 6.04 Å². The minimum absolute atomic E-state index is 0.751. The summed E-state index contributed by atoms with van der Waals surface area (Å²) in [5.74, 6) is 0. The molecule has 2 heteroatoms.